The monoisotopic (exact) mass is 346 g/mol. The Kier molecular flexibility index (Phi) is 5.16. The summed E-state index contributed by atoms with van der Waals surface area (Å²) in [7, 11) is 1.48. The number of imide groups is 2. The topological polar surface area (TPSA) is 116 Å². The van der Waals surface area contributed by atoms with Crippen LogP contribution >= 0.6 is 0 Å². The van der Waals surface area contributed by atoms with Crippen LogP contribution in [0, 0.1) is 0 Å². The summed E-state index contributed by atoms with van der Waals surface area (Å²) in [6.07, 6.45) is 0. The molecule has 1 saturated heterocycles. The number of nitrogens with zero attached hydrogens (tertiary/aromatic N) is 2. The molecule has 0 saturated carbocycles. The minimum Gasteiger partial charge on any atom is -0.355 e. The molecule has 9 heteroatoms. The molecule has 0 atom stereocenters. The number of anilines is 1. The zero-order valence-corrected chi connectivity index (χ0v) is 14.0. The molecule has 2 rings (SSSR count). The Bertz CT molecular complexity index is 759. The number of carbonyl (C=O) groups excluding carboxylic acids is 5. The fraction of sp³-hybridized carbons (Fsp3) is 0.312. The highest BCUT2D eigenvalue weighted by Crippen LogP contribution is 2.16. The molecule has 6 amide bonds. The van der Waals surface area contributed by atoms with Crippen molar-refractivity contribution < 1.29 is 24.0 Å². The summed E-state index contributed by atoms with van der Waals surface area (Å²) in [5.41, 5.74) is 0.673. The third-order valence-corrected chi connectivity index (χ3v) is 3.54. The summed E-state index contributed by atoms with van der Waals surface area (Å²) in [6, 6.07) is 4.86. The second kappa shape index (κ2) is 7.12. The van der Waals surface area contributed by atoms with E-state index in [1.165, 1.54) is 13.1 Å². The molecular formula is C16H18N4O5. The van der Waals surface area contributed by atoms with E-state index in [9.17, 15) is 24.0 Å². The van der Waals surface area contributed by atoms with Gasteiger partial charge in [-0.05, 0) is 32.0 Å². The van der Waals surface area contributed by atoms with E-state index < -0.39 is 36.3 Å². The molecule has 1 aliphatic heterocycles. The van der Waals surface area contributed by atoms with Gasteiger partial charge in [0.05, 0.1) is 0 Å². The first-order chi connectivity index (χ1) is 11.8. The molecule has 0 bridgehead atoms. The van der Waals surface area contributed by atoms with Crippen LogP contribution in [0.5, 0.6) is 0 Å². The third-order valence-electron chi connectivity index (χ3n) is 3.54. The maximum atomic E-state index is 12.1. The van der Waals surface area contributed by atoms with Gasteiger partial charge in [0.1, 0.15) is 6.54 Å². The first-order valence-electron chi connectivity index (χ1n) is 7.57. The van der Waals surface area contributed by atoms with Gasteiger partial charge >= 0.3 is 17.8 Å². The lowest BCUT2D eigenvalue weighted by Crippen LogP contribution is -2.40. The predicted molar refractivity (Wildman–Crippen MR) is 87.6 cm³/mol. The smallest absolute Gasteiger partial charge is 0.334 e. The summed E-state index contributed by atoms with van der Waals surface area (Å²) in [4.78, 5) is 60.9. The van der Waals surface area contributed by atoms with Crippen LogP contribution in [0.25, 0.3) is 0 Å². The second-order valence-electron chi connectivity index (χ2n) is 5.65. The molecule has 1 heterocycles. The zero-order chi connectivity index (χ0) is 18.7. The zero-order valence-electron chi connectivity index (χ0n) is 14.0. The maximum absolute atomic E-state index is 12.1. The summed E-state index contributed by atoms with van der Waals surface area (Å²) < 4.78 is 0. The Hall–Kier alpha value is -3.23. The number of carbonyl (C=O) groups is 5. The van der Waals surface area contributed by atoms with Gasteiger partial charge in [-0.3, -0.25) is 24.1 Å². The van der Waals surface area contributed by atoms with Crippen molar-refractivity contribution in [2.75, 3.05) is 18.9 Å². The van der Waals surface area contributed by atoms with Crippen LogP contribution in [0.4, 0.5) is 10.5 Å². The van der Waals surface area contributed by atoms with Crippen molar-refractivity contribution in [1.82, 2.24) is 15.1 Å². The molecule has 2 N–H and O–H groups in total. The van der Waals surface area contributed by atoms with Gasteiger partial charge < -0.3 is 10.6 Å². The Morgan fingerprint density at radius 2 is 1.80 bits per heavy atom. The van der Waals surface area contributed by atoms with Crippen LogP contribution in [-0.4, -0.2) is 59.1 Å². The number of hydrogen-bond donors (Lipinski definition) is 2. The van der Waals surface area contributed by atoms with Gasteiger partial charge in [0, 0.05) is 24.3 Å². The lowest BCUT2D eigenvalue weighted by atomic mass is 10.2. The number of urea groups is 1. The number of rotatable bonds is 5. The van der Waals surface area contributed by atoms with E-state index in [-0.39, 0.29) is 5.91 Å². The van der Waals surface area contributed by atoms with E-state index >= 15 is 0 Å². The highest BCUT2D eigenvalue weighted by atomic mass is 16.2. The van der Waals surface area contributed by atoms with Crippen LogP contribution in [0.1, 0.15) is 24.2 Å². The van der Waals surface area contributed by atoms with E-state index in [4.69, 9.17) is 0 Å². The second-order valence-corrected chi connectivity index (χ2v) is 5.65. The molecule has 1 aromatic carbocycles. The van der Waals surface area contributed by atoms with Crippen molar-refractivity contribution in [3.05, 3.63) is 29.8 Å². The summed E-state index contributed by atoms with van der Waals surface area (Å²) in [5.74, 6) is -2.96. The molecule has 1 aliphatic rings. The lowest BCUT2D eigenvalue weighted by molar-refractivity contribution is -0.144. The van der Waals surface area contributed by atoms with Gasteiger partial charge in [0.15, 0.2) is 0 Å². The molecule has 1 fully saturated rings. The average molecular weight is 346 g/mol. The van der Waals surface area contributed by atoms with E-state index in [1.54, 1.807) is 32.0 Å². The molecule has 9 nitrogen and oxygen atoms in total. The molecule has 0 radical (unpaired) electrons. The standard InChI is InChI=1S/C16H18N4O5/c1-9(2)20-15(24)14(23)19(16(20)25)8-12(21)18-11-6-4-5-10(7-11)13(22)17-3/h4-7,9H,8H2,1-3H3,(H,17,22)(H,18,21). The van der Waals surface area contributed by atoms with Crippen molar-refractivity contribution in [2.24, 2.45) is 0 Å². The van der Waals surface area contributed by atoms with Gasteiger partial charge in [-0.1, -0.05) is 6.07 Å². The van der Waals surface area contributed by atoms with Crippen molar-refractivity contribution in [3.8, 4) is 0 Å². The number of nitrogens with one attached hydrogen (secondary N) is 2. The van der Waals surface area contributed by atoms with Crippen molar-refractivity contribution >= 4 is 35.3 Å². The Balaban J connectivity index is 2.08. The van der Waals surface area contributed by atoms with Gasteiger partial charge in [0.2, 0.25) is 5.91 Å². The van der Waals surface area contributed by atoms with Gasteiger partial charge in [-0.25, -0.2) is 9.69 Å². The molecule has 0 unspecified atom stereocenters. The molecule has 0 aromatic heterocycles. The molecule has 0 spiro atoms. The van der Waals surface area contributed by atoms with Gasteiger partial charge in [0.25, 0.3) is 5.91 Å². The molecule has 132 valence electrons. The first-order valence-corrected chi connectivity index (χ1v) is 7.57. The quantitative estimate of drug-likeness (QED) is 0.583. The molecule has 25 heavy (non-hydrogen) atoms. The van der Waals surface area contributed by atoms with Gasteiger partial charge in [-0.15, -0.1) is 0 Å². The largest absolute Gasteiger partial charge is 0.355 e. The SMILES string of the molecule is CNC(=O)c1cccc(NC(=O)CN2C(=O)C(=O)N(C(C)C)C2=O)c1. The van der Waals surface area contributed by atoms with Crippen molar-refractivity contribution in [1.29, 1.82) is 0 Å². The van der Waals surface area contributed by atoms with Gasteiger partial charge in [-0.2, -0.15) is 0 Å². The van der Waals surface area contributed by atoms with Crippen LogP contribution in [0.2, 0.25) is 0 Å². The summed E-state index contributed by atoms with van der Waals surface area (Å²) >= 11 is 0. The van der Waals surface area contributed by atoms with Crippen LogP contribution in [-0.2, 0) is 14.4 Å². The van der Waals surface area contributed by atoms with E-state index in [2.05, 4.69) is 10.6 Å². The third kappa shape index (κ3) is 3.65. The summed E-state index contributed by atoms with van der Waals surface area (Å²) in [5, 5.41) is 4.95. The molecule has 1 aromatic rings. The normalized spacial score (nSPS) is 14.3. The van der Waals surface area contributed by atoms with Crippen molar-refractivity contribution in [2.45, 2.75) is 19.9 Å². The summed E-state index contributed by atoms with van der Waals surface area (Å²) in [6.45, 7) is 2.60. The van der Waals surface area contributed by atoms with E-state index in [0.29, 0.717) is 16.2 Å². The average Bonchev–Trinajstić information content (AvgIpc) is 2.77. The van der Waals surface area contributed by atoms with Crippen LogP contribution in [0.15, 0.2) is 24.3 Å². The predicted octanol–water partition coefficient (Wildman–Crippen LogP) is 0.184. The number of hydrogen-bond acceptors (Lipinski definition) is 5. The fourth-order valence-corrected chi connectivity index (χ4v) is 2.34. The Morgan fingerprint density at radius 3 is 2.36 bits per heavy atom. The lowest BCUT2D eigenvalue weighted by Gasteiger charge is -2.18. The Labute approximate surface area is 144 Å². The molecule has 0 aliphatic carbocycles. The maximum Gasteiger partial charge on any atom is 0.334 e. The van der Waals surface area contributed by atoms with E-state index in [0.717, 1.165) is 4.90 Å². The van der Waals surface area contributed by atoms with Crippen LogP contribution in [0.3, 0.4) is 0 Å². The number of amides is 6. The minimum atomic E-state index is -1.03. The highest BCUT2D eigenvalue weighted by molar-refractivity contribution is 6.45. The molecular weight excluding hydrogens is 328 g/mol. The van der Waals surface area contributed by atoms with Crippen LogP contribution < -0.4 is 10.6 Å². The Morgan fingerprint density at radius 1 is 1.12 bits per heavy atom. The van der Waals surface area contributed by atoms with E-state index in [1.807, 2.05) is 0 Å². The minimum absolute atomic E-state index is 0.320. The highest BCUT2D eigenvalue weighted by Gasteiger charge is 2.46. The first kappa shape index (κ1) is 18.1. The van der Waals surface area contributed by atoms with Crippen molar-refractivity contribution in [3.63, 3.8) is 0 Å². The fourth-order valence-electron chi connectivity index (χ4n) is 2.34. The number of benzene rings is 1.